The monoisotopic (exact) mass is 329 g/mol. The van der Waals surface area contributed by atoms with Crippen LogP contribution in [-0.2, 0) is 11.3 Å². The molecule has 1 amide bonds. The van der Waals surface area contributed by atoms with Crippen LogP contribution in [-0.4, -0.2) is 28.6 Å². The van der Waals surface area contributed by atoms with Gasteiger partial charge in [0.25, 0.3) is 11.5 Å². The van der Waals surface area contributed by atoms with Crippen molar-refractivity contribution in [2.24, 2.45) is 0 Å². The van der Waals surface area contributed by atoms with E-state index < -0.39 is 0 Å². The zero-order chi connectivity index (χ0) is 17.7. The first kappa shape index (κ1) is 17.7. The van der Waals surface area contributed by atoms with Crippen LogP contribution in [0.2, 0.25) is 0 Å². The van der Waals surface area contributed by atoms with E-state index in [2.05, 4.69) is 10.3 Å². The Hall–Kier alpha value is -2.63. The molecule has 0 atom stereocenters. The average molecular weight is 329 g/mol. The third-order valence-corrected chi connectivity index (χ3v) is 4.04. The van der Waals surface area contributed by atoms with Crippen molar-refractivity contribution in [3.05, 3.63) is 57.3 Å². The van der Waals surface area contributed by atoms with Crippen LogP contribution in [0.25, 0.3) is 0 Å². The molecule has 0 aliphatic heterocycles. The van der Waals surface area contributed by atoms with Gasteiger partial charge in [-0.2, -0.15) is 0 Å². The molecule has 0 bridgehead atoms. The van der Waals surface area contributed by atoms with Gasteiger partial charge in [0.1, 0.15) is 5.75 Å². The minimum atomic E-state index is -0.224. The molecule has 0 aliphatic rings. The maximum absolute atomic E-state index is 12.0. The van der Waals surface area contributed by atoms with Crippen molar-refractivity contribution in [2.45, 2.75) is 34.2 Å². The number of aryl methyl sites for hydroxylation is 3. The number of hydrogen-bond donors (Lipinski definition) is 1. The molecule has 24 heavy (non-hydrogen) atoms. The standard InChI is InChI=1S/C18H23N3O3/c1-12-5-6-16(9-13(12)2)24-10-17(22)19-7-8-21-11-20-15(4)14(3)18(21)23/h5-6,9,11H,7-8,10H2,1-4H3,(H,19,22). The van der Waals surface area contributed by atoms with Gasteiger partial charge in [0, 0.05) is 24.3 Å². The Bertz CT molecular complexity index is 797. The second kappa shape index (κ2) is 7.77. The highest BCUT2D eigenvalue weighted by Gasteiger charge is 2.06. The van der Waals surface area contributed by atoms with Crippen LogP contribution in [0.4, 0.5) is 0 Å². The summed E-state index contributed by atoms with van der Waals surface area (Å²) in [6.07, 6.45) is 1.50. The molecule has 1 N–H and O–H groups in total. The van der Waals surface area contributed by atoms with Crippen LogP contribution in [0, 0.1) is 27.7 Å². The molecule has 0 radical (unpaired) electrons. The van der Waals surface area contributed by atoms with E-state index in [1.54, 1.807) is 13.8 Å². The van der Waals surface area contributed by atoms with Crippen LogP contribution in [0.1, 0.15) is 22.4 Å². The second-order valence-corrected chi connectivity index (χ2v) is 5.84. The number of hydrogen-bond acceptors (Lipinski definition) is 4. The van der Waals surface area contributed by atoms with Crippen molar-refractivity contribution < 1.29 is 9.53 Å². The first-order valence-electron chi connectivity index (χ1n) is 7.88. The minimum Gasteiger partial charge on any atom is -0.484 e. The molecule has 2 aromatic rings. The number of carbonyl (C=O) groups excluding carboxylic acids is 1. The number of carbonyl (C=O) groups is 1. The lowest BCUT2D eigenvalue weighted by Gasteiger charge is -2.10. The Morgan fingerprint density at radius 2 is 1.96 bits per heavy atom. The SMILES string of the molecule is Cc1ccc(OCC(=O)NCCn2cnc(C)c(C)c2=O)cc1C. The molecule has 1 heterocycles. The summed E-state index contributed by atoms with van der Waals surface area (Å²) in [5.74, 6) is 0.445. The van der Waals surface area contributed by atoms with Crippen molar-refractivity contribution in [1.82, 2.24) is 14.9 Å². The molecule has 128 valence electrons. The lowest BCUT2D eigenvalue weighted by Crippen LogP contribution is -2.34. The quantitative estimate of drug-likeness (QED) is 0.875. The second-order valence-electron chi connectivity index (χ2n) is 5.84. The Morgan fingerprint density at radius 3 is 2.67 bits per heavy atom. The van der Waals surface area contributed by atoms with Crippen LogP contribution < -0.4 is 15.6 Å². The first-order valence-corrected chi connectivity index (χ1v) is 7.88. The fourth-order valence-electron chi connectivity index (χ4n) is 2.15. The summed E-state index contributed by atoms with van der Waals surface area (Å²) in [4.78, 5) is 28.0. The summed E-state index contributed by atoms with van der Waals surface area (Å²) in [7, 11) is 0. The Morgan fingerprint density at radius 1 is 1.21 bits per heavy atom. The van der Waals surface area contributed by atoms with Gasteiger partial charge in [-0.25, -0.2) is 4.98 Å². The van der Waals surface area contributed by atoms with Gasteiger partial charge in [-0.1, -0.05) is 6.07 Å². The van der Waals surface area contributed by atoms with E-state index in [-0.39, 0.29) is 18.1 Å². The number of benzene rings is 1. The highest BCUT2D eigenvalue weighted by molar-refractivity contribution is 5.77. The number of amides is 1. The van der Waals surface area contributed by atoms with Crippen molar-refractivity contribution in [1.29, 1.82) is 0 Å². The highest BCUT2D eigenvalue weighted by Crippen LogP contribution is 2.16. The van der Waals surface area contributed by atoms with E-state index in [9.17, 15) is 9.59 Å². The summed E-state index contributed by atoms with van der Waals surface area (Å²) in [6.45, 7) is 8.24. The van der Waals surface area contributed by atoms with Crippen LogP contribution >= 0.6 is 0 Å². The predicted octanol–water partition coefficient (Wildman–Crippen LogP) is 1.67. The van der Waals surface area contributed by atoms with Gasteiger partial charge >= 0.3 is 0 Å². The lowest BCUT2D eigenvalue weighted by atomic mass is 10.1. The smallest absolute Gasteiger partial charge is 0.258 e. The van der Waals surface area contributed by atoms with Crippen molar-refractivity contribution in [3.63, 3.8) is 0 Å². The van der Waals surface area contributed by atoms with Crippen LogP contribution in [0.5, 0.6) is 5.75 Å². The van der Waals surface area contributed by atoms with E-state index in [1.807, 2.05) is 32.0 Å². The molecule has 1 aromatic heterocycles. The maximum Gasteiger partial charge on any atom is 0.258 e. The largest absolute Gasteiger partial charge is 0.484 e. The molecular formula is C18H23N3O3. The zero-order valence-electron chi connectivity index (χ0n) is 14.5. The van der Waals surface area contributed by atoms with E-state index in [1.165, 1.54) is 16.5 Å². The third-order valence-electron chi connectivity index (χ3n) is 4.04. The Balaban J connectivity index is 1.80. The van der Waals surface area contributed by atoms with E-state index >= 15 is 0 Å². The molecular weight excluding hydrogens is 306 g/mol. The number of rotatable bonds is 6. The molecule has 6 nitrogen and oxygen atoms in total. The van der Waals surface area contributed by atoms with Gasteiger partial charge in [0.05, 0.1) is 6.33 Å². The van der Waals surface area contributed by atoms with E-state index in [0.717, 1.165) is 11.3 Å². The Kier molecular flexibility index (Phi) is 5.73. The molecule has 0 unspecified atom stereocenters. The number of ether oxygens (including phenoxy) is 1. The topological polar surface area (TPSA) is 73.2 Å². The van der Waals surface area contributed by atoms with Gasteiger partial charge in [-0.15, -0.1) is 0 Å². The predicted molar refractivity (Wildman–Crippen MR) is 92.4 cm³/mol. The molecule has 0 spiro atoms. The summed E-state index contributed by atoms with van der Waals surface area (Å²) in [5, 5.41) is 2.74. The normalized spacial score (nSPS) is 10.5. The summed E-state index contributed by atoms with van der Waals surface area (Å²) in [5.41, 5.74) is 3.57. The average Bonchev–Trinajstić information content (AvgIpc) is 2.56. The van der Waals surface area contributed by atoms with Crippen LogP contribution in [0.3, 0.4) is 0 Å². The maximum atomic E-state index is 12.0. The van der Waals surface area contributed by atoms with Gasteiger partial charge < -0.3 is 10.1 Å². The highest BCUT2D eigenvalue weighted by atomic mass is 16.5. The van der Waals surface area contributed by atoms with E-state index in [0.29, 0.717) is 24.4 Å². The van der Waals surface area contributed by atoms with Gasteiger partial charge in [-0.3, -0.25) is 14.2 Å². The molecule has 0 fully saturated rings. The molecule has 0 aliphatic carbocycles. The van der Waals surface area contributed by atoms with Gasteiger partial charge in [-0.05, 0) is 51.0 Å². The molecule has 0 saturated carbocycles. The molecule has 0 saturated heterocycles. The van der Waals surface area contributed by atoms with Crippen molar-refractivity contribution in [2.75, 3.05) is 13.2 Å². The lowest BCUT2D eigenvalue weighted by molar-refractivity contribution is -0.123. The number of aromatic nitrogens is 2. The minimum absolute atomic E-state index is 0.0530. The zero-order valence-corrected chi connectivity index (χ0v) is 14.5. The van der Waals surface area contributed by atoms with E-state index in [4.69, 9.17) is 4.74 Å². The summed E-state index contributed by atoms with van der Waals surface area (Å²) in [6, 6.07) is 5.71. The molecule has 1 aromatic carbocycles. The van der Waals surface area contributed by atoms with Crippen molar-refractivity contribution in [3.8, 4) is 5.75 Å². The summed E-state index contributed by atoms with van der Waals surface area (Å²) >= 11 is 0. The number of nitrogens with zero attached hydrogens (tertiary/aromatic N) is 2. The first-order chi connectivity index (χ1) is 11.4. The third kappa shape index (κ3) is 4.44. The molecule has 2 rings (SSSR count). The number of nitrogens with one attached hydrogen (secondary N) is 1. The fourth-order valence-corrected chi connectivity index (χ4v) is 2.15. The van der Waals surface area contributed by atoms with Gasteiger partial charge in [0.15, 0.2) is 6.61 Å². The Labute approximate surface area is 141 Å². The van der Waals surface area contributed by atoms with Crippen LogP contribution in [0.15, 0.2) is 29.3 Å². The van der Waals surface area contributed by atoms with Crippen molar-refractivity contribution >= 4 is 5.91 Å². The fraction of sp³-hybridized carbons (Fsp3) is 0.389. The van der Waals surface area contributed by atoms with Gasteiger partial charge in [0.2, 0.25) is 0 Å². The molecule has 6 heteroatoms. The summed E-state index contributed by atoms with van der Waals surface area (Å²) < 4.78 is 6.96.